The lowest BCUT2D eigenvalue weighted by molar-refractivity contribution is 0.234. The van der Waals surface area contributed by atoms with Gasteiger partial charge in [0.1, 0.15) is 5.75 Å². The molecule has 3 rings (SSSR count). The predicted molar refractivity (Wildman–Crippen MR) is 87.4 cm³/mol. The van der Waals surface area contributed by atoms with Crippen LogP contribution in [0.2, 0.25) is 0 Å². The number of benzene rings is 2. The smallest absolute Gasteiger partial charge is 0.341 e. The summed E-state index contributed by atoms with van der Waals surface area (Å²) in [5.74, 6) is -2.25. The zero-order valence-corrected chi connectivity index (χ0v) is 13.6. The summed E-state index contributed by atoms with van der Waals surface area (Å²) in [4.78, 5) is -0.375. The molecular formula is C17H17F2NO3S. The first-order valence-electron chi connectivity index (χ1n) is 7.56. The van der Waals surface area contributed by atoms with Crippen molar-refractivity contribution in [2.45, 2.75) is 23.0 Å². The molecule has 2 aromatic carbocycles. The molecular weight excluding hydrogens is 336 g/mol. The molecule has 0 fully saturated rings. The Bertz CT molecular complexity index is 807. The van der Waals surface area contributed by atoms with Gasteiger partial charge in [0.25, 0.3) is 0 Å². The van der Waals surface area contributed by atoms with Crippen molar-refractivity contribution in [3.63, 3.8) is 0 Å². The second-order valence-electron chi connectivity index (χ2n) is 5.58. The van der Waals surface area contributed by atoms with E-state index in [1.54, 1.807) is 0 Å². The molecule has 0 aromatic heterocycles. The summed E-state index contributed by atoms with van der Waals surface area (Å²) >= 11 is 0. The summed E-state index contributed by atoms with van der Waals surface area (Å²) in [6.07, 6.45) is 0.877. The molecule has 1 heterocycles. The molecule has 24 heavy (non-hydrogen) atoms. The van der Waals surface area contributed by atoms with Crippen molar-refractivity contribution >= 4 is 15.5 Å². The Hall–Kier alpha value is -2.15. The van der Waals surface area contributed by atoms with E-state index >= 15 is 0 Å². The van der Waals surface area contributed by atoms with Crippen molar-refractivity contribution in [2.75, 3.05) is 18.5 Å². The van der Waals surface area contributed by atoms with Gasteiger partial charge in [0.15, 0.2) is 0 Å². The average Bonchev–Trinajstić information content (AvgIpc) is 2.60. The number of nitrogens with one attached hydrogen (secondary N) is 1. The first-order valence-corrected chi connectivity index (χ1v) is 9.11. The Labute approximate surface area is 139 Å². The van der Waals surface area contributed by atoms with Gasteiger partial charge < -0.3 is 10.1 Å². The van der Waals surface area contributed by atoms with Gasteiger partial charge in [-0.3, -0.25) is 0 Å². The molecule has 0 saturated carbocycles. The highest BCUT2D eigenvalue weighted by molar-refractivity contribution is 7.91. The first kappa shape index (κ1) is 16.7. The third kappa shape index (κ3) is 3.36. The van der Waals surface area contributed by atoms with E-state index in [-0.39, 0.29) is 10.8 Å². The van der Waals surface area contributed by atoms with Crippen molar-refractivity contribution in [3.05, 3.63) is 54.1 Å². The highest BCUT2D eigenvalue weighted by Gasteiger charge is 2.26. The molecule has 1 unspecified atom stereocenters. The Morgan fingerprint density at radius 3 is 2.54 bits per heavy atom. The van der Waals surface area contributed by atoms with Crippen LogP contribution < -0.4 is 10.1 Å². The summed E-state index contributed by atoms with van der Waals surface area (Å²) in [5, 5.41) is 3.23. The monoisotopic (exact) mass is 353 g/mol. The van der Waals surface area contributed by atoms with Crippen LogP contribution in [0, 0.1) is 0 Å². The summed E-state index contributed by atoms with van der Waals surface area (Å²) < 4.78 is 53.4. The molecule has 4 nitrogen and oxygen atoms in total. The molecule has 0 spiro atoms. The average molecular weight is 353 g/mol. The van der Waals surface area contributed by atoms with E-state index in [2.05, 4.69) is 5.32 Å². The first-order chi connectivity index (χ1) is 11.5. The molecule has 1 N–H and O–H groups in total. The standard InChI is InChI=1S/C17H17F2NO3S/c18-17(19)24(21,22)14-7-5-13(6-8-14)20-11-12-9-10-23-16-4-2-1-3-15(12)16/h1-8,12,17,20H,9-11H2. The number of hydrogen-bond acceptors (Lipinski definition) is 4. The van der Waals surface area contributed by atoms with Crippen LogP contribution >= 0.6 is 0 Å². The van der Waals surface area contributed by atoms with Crippen molar-refractivity contribution in [3.8, 4) is 5.75 Å². The molecule has 128 valence electrons. The van der Waals surface area contributed by atoms with Gasteiger partial charge in [0.05, 0.1) is 11.5 Å². The van der Waals surface area contributed by atoms with E-state index in [0.29, 0.717) is 18.8 Å². The van der Waals surface area contributed by atoms with Crippen molar-refractivity contribution in [1.82, 2.24) is 0 Å². The van der Waals surface area contributed by atoms with Crippen LogP contribution in [0.4, 0.5) is 14.5 Å². The summed E-state index contributed by atoms with van der Waals surface area (Å²) in [7, 11) is -4.55. The normalized spacial score (nSPS) is 17.2. The number of sulfone groups is 1. The Kier molecular flexibility index (Phi) is 4.71. The topological polar surface area (TPSA) is 55.4 Å². The molecule has 0 amide bonds. The maximum absolute atomic E-state index is 12.5. The van der Waals surface area contributed by atoms with Crippen LogP contribution in [-0.4, -0.2) is 27.3 Å². The molecule has 2 aromatic rings. The third-order valence-electron chi connectivity index (χ3n) is 4.05. The number of fused-ring (bicyclic) bond motifs is 1. The quantitative estimate of drug-likeness (QED) is 0.891. The number of rotatable bonds is 5. The highest BCUT2D eigenvalue weighted by atomic mass is 32.2. The SMILES string of the molecule is O=S(=O)(c1ccc(NCC2CCOc3ccccc32)cc1)C(F)F. The minimum atomic E-state index is -4.55. The summed E-state index contributed by atoms with van der Waals surface area (Å²) in [6, 6.07) is 13.2. The Morgan fingerprint density at radius 1 is 1.12 bits per heavy atom. The van der Waals surface area contributed by atoms with Gasteiger partial charge in [-0.25, -0.2) is 8.42 Å². The van der Waals surface area contributed by atoms with Crippen LogP contribution in [0.15, 0.2) is 53.4 Å². The second kappa shape index (κ2) is 6.76. The Balaban J connectivity index is 1.68. The van der Waals surface area contributed by atoms with Crippen LogP contribution in [0.1, 0.15) is 17.9 Å². The minimum Gasteiger partial charge on any atom is -0.493 e. The predicted octanol–water partition coefficient (Wildman–Crippen LogP) is 3.66. The lowest BCUT2D eigenvalue weighted by atomic mass is 9.93. The lowest BCUT2D eigenvalue weighted by Gasteiger charge is -2.26. The minimum absolute atomic E-state index is 0.277. The van der Waals surface area contributed by atoms with E-state index in [0.717, 1.165) is 17.7 Å². The fourth-order valence-electron chi connectivity index (χ4n) is 2.73. The summed E-state index contributed by atoms with van der Waals surface area (Å²) in [6.45, 7) is 1.30. The van der Waals surface area contributed by atoms with Crippen LogP contribution in [0.3, 0.4) is 0 Å². The summed E-state index contributed by atoms with van der Waals surface area (Å²) in [5.41, 5.74) is 1.82. The van der Waals surface area contributed by atoms with Gasteiger partial charge >= 0.3 is 5.76 Å². The molecule has 0 radical (unpaired) electrons. The number of alkyl halides is 2. The maximum Gasteiger partial charge on any atom is 0.341 e. The van der Waals surface area contributed by atoms with Gasteiger partial charge in [0, 0.05) is 18.2 Å². The van der Waals surface area contributed by atoms with Crippen LogP contribution in [0.25, 0.3) is 0 Å². The van der Waals surface area contributed by atoms with Gasteiger partial charge in [-0.1, -0.05) is 18.2 Å². The van der Waals surface area contributed by atoms with Crippen molar-refractivity contribution < 1.29 is 21.9 Å². The molecule has 1 atom stereocenters. The lowest BCUT2D eigenvalue weighted by Crippen LogP contribution is -2.20. The van der Waals surface area contributed by atoms with E-state index in [1.807, 2.05) is 24.3 Å². The molecule has 1 aliphatic rings. The molecule has 0 aliphatic carbocycles. The molecule has 0 bridgehead atoms. The molecule has 7 heteroatoms. The fourth-order valence-corrected chi connectivity index (χ4v) is 3.46. The van der Waals surface area contributed by atoms with E-state index in [9.17, 15) is 17.2 Å². The zero-order valence-electron chi connectivity index (χ0n) is 12.8. The van der Waals surface area contributed by atoms with E-state index < -0.39 is 15.6 Å². The van der Waals surface area contributed by atoms with Gasteiger partial charge in [0.2, 0.25) is 9.84 Å². The van der Waals surface area contributed by atoms with Gasteiger partial charge in [-0.05, 0) is 42.3 Å². The van der Waals surface area contributed by atoms with Crippen LogP contribution in [-0.2, 0) is 9.84 Å². The van der Waals surface area contributed by atoms with Crippen molar-refractivity contribution in [1.29, 1.82) is 0 Å². The van der Waals surface area contributed by atoms with Crippen LogP contribution in [0.5, 0.6) is 5.75 Å². The third-order valence-corrected chi connectivity index (χ3v) is 5.45. The molecule has 1 aliphatic heterocycles. The number of hydrogen-bond donors (Lipinski definition) is 1. The largest absolute Gasteiger partial charge is 0.493 e. The van der Waals surface area contributed by atoms with Gasteiger partial charge in [-0.2, -0.15) is 8.78 Å². The highest BCUT2D eigenvalue weighted by Crippen LogP contribution is 2.33. The fraction of sp³-hybridized carbons (Fsp3) is 0.294. The number of ether oxygens (including phenoxy) is 1. The maximum atomic E-state index is 12.5. The molecule has 0 saturated heterocycles. The Morgan fingerprint density at radius 2 is 1.83 bits per heavy atom. The number of para-hydroxylation sites is 1. The van der Waals surface area contributed by atoms with E-state index in [4.69, 9.17) is 4.74 Å². The number of halogens is 2. The second-order valence-corrected chi connectivity index (χ2v) is 7.50. The van der Waals surface area contributed by atoms with E-state index in [1.165, 1.54) is 24.3 Å². The number of anilines is 1. The van der Waals surface area contributed by atoms with Crippen molar-refractivity contribution in [2.24, 2.45) is 0 Å². The zero-order chi connectivity index (χ0) is 17.2. The van der Waals surface area contributed by atoms with Gasteiger partial charge in [-0.15, -0.1) is 0 Å².